The first-order valence-corrected chi connectivity index (χ1v) is 9.99. The quantitative estimate of drug-likeness (QED) is 0.670. The highest BCUT2D eigenvalue weighted by Crippen LogP contribution is 2.36. The zero-order valence-electron chi connectivity index (χ0n) is 15.0. The number of aromatic nitrogens is 2. The molecule has 2 aromatic rings. The lowest BCUT2D eigenvalue weighted by molar-refractivity contribution is -0.120. The zero-order chi connectivity index (χ0) is 17.8. The van der Waals surface area contributed by atoms with Gasteiger partial charge in [-0.2, -0.15) is 5.10 Å². The van der Waals surface area contributed by atoms with Crippen molar-refractivity contribution in [3.8, 4) is 0 Å². The summed E-state index contributed by atoms with van der Waals surface area (Å²) in [6, 6.07) is 9.29. The van der Waals surface area contributed by atoms with Crippen molar-refractivity contribution in [1.29, 1.82) is 0 Å². The fraction of sp³-hybridized carbons (Fsp3) is 0.500. The summed E-state index contributed by atoms with van der Waals surface area (Å²) < 4.78 is 3.07. The second kappa shape index (κ2) is 8.17. The molecule has 1 unspecified atom stereocenters. The molecule has 0 aliphatic heterocycles. The van der Waals surface area contributed by atoms with Crippen molar-refractivity contribution < 1.29 is 4.79 Å². The van der Waals surface area contributed by atoms with Crippen LogP contribution in [0, 0.1) is 0 Å². The summed E-state index contributed by atoms with van der Waals surface area (Å²) in [6.45, 7) is 5.20. The Morgan fingerprint density at radius 3 is 2.48 bits per heavy atom. The molecular formula is C20H26BrN3O. The average Bonchev–Trinajstić information content (AvgIpc) is 3.10. The monoisotopic (exact) mass is 403 g/mol. The minimum Gasteiger partial charge on any atom is -0.359 e. The molecule has 0 amide bonds. The lowest BCUT2D eigenvalue weighted by atomic mass is 9.90. The van der Waals surface area contributed by atoms with Gasteiger partial charge < -0.3 is 4.90 Å². The van der Waals surface area contributed by atoms with Crippen molar-refractivity contribution >= 4 is 27.4 Å². The molecule has 1 aliphatic carbocycles. The van der Waals surface area contributed by atoms with E-state index in [1.165, 1.54) is 5.56 Å². The second-order valence-corrected chi connectivity index (χ2v) is 7.62. The van der Waals surface area contributed by atoms with Crippen LogP contribution in [0.3, 0.4) is 0 Å². The SMILES string of the molecule is CCC(c1ccc(Br)cc1)N(c1cnn(CC)c1)C1CCC(=O)CC1. The molecule has 1 atom stereocenters. The van der Waals surface area contributed by atoms with E-state index < -0.39 is 0 Å². The third-order valence-electron chi connectivity index (χ3n) is 5.13. The minimum atomic E-state index is 0.292. The van der Waals surface area contributed by atoms with E-state index in [-0.39, 0.29) is 0 Å². The molecule has 1 saturated carbocycles. The van der Waals surface area contributed by atoms with Gasteiger partial charge >= 0.3 is 0 Å². The van der Waals surface area contributed by atoms with Crippen molar-refractivity contribution in [1.82, 2.24) is 9.78 Å². The molecule has 25 heavy (non-hydrogen) atoms. The van der Waals surface area contributed by atoms with Gasteiger partial charge in [-0.1, -0.05) is 35.0 Å². The number of rotatable bonds is 6. The van der Waals surface area contributed by atoms with E-state index in [1.807, 2.05) is 10.9 Å². The summed E-state index contributed by atoms with van der Waals surface area (Å²) in [5.74, 6) is 0.400. The van der Waals surface area contributed by atoms with Crippen LogP contribution in [0.1, 0.15) is 57.6 Å². The number of aryl methyl sites for hydroxylation is 1. The lowest BCUT2D eigenvalue weighted by Crippen LogP contribution is -2.40. The Hall–Kier alpha value is -1.62. The highest BCUT2D eigenvalue weighted by molar-refractivity contribution is 9.10. The number of halogens is 1. The molecule has 1 aromatic heterocycles. The van der Waals surface area contributed by atoms with Gasteiger partial charge in [0.1, 0.15) is 5.78 Å². The predicted molar refractivity (Wildman–Crippen MR) is 105 cm³/mol. The summed E-state index contributed by atoms with van der Waals surface area (Å²) in [7, 11) is 0. The molecule has 0 N–H and O–H groups in total. The van der Waals surface area contributed by atoms with Crippen LogP contribution in [-0.4, -0.2) is 21.6 Å². The van der Waals surface area contributed by atoms with Crippen LogP contribution in [0.2, 0.25) is 0 Å². The highest BCUT2D eigenvalue weighted by Gasteiger charge is 2.30. The van der Waals surface area contributed by atoms with Crippen molar-refractivity contribution in [2.75, 3.05) is 4.90 Å². The first kappa shape index (κ1) is 18.2. The molecular weight excluding hydrogens is 378 g/mol. The van der Waals surface area contributed by atoms with Crippen LogP contribution in [0.4, 0.5) is 5.69 Å². The number of ketones is 1. The largest absolute Gasteiger partial charge is 0.359 e. The fourth-order valence-corrected chi connectivity index (χ4v) is 4.05. The molecule has 3 rings (SSSR count). The predicted octanol–water partition coefficient (Wildman–Crippen LogP) is 5.13. The Kier molecular flexibility index (Phi) is 5.94. The number of Topliss-reactive ketones (excluding diaryl/α,β-unsaturated/α-hetero) is 1. The Labute approximate surface area is 158 Å². The van der Waals surface area contributed by atoms with Gasteiger partial charge in [-0.05, 0) is 43.9 Å². The van der Waals surface area contributed by atoms with E-state index in [2.05, 4.69) is 70.2 Å². The number of hydrogen-bond donors (Lipinski definition) is 0. The van der Waals surface area contributed by atoms with Crippen LogP contribution in [-0.2, 0) is 11.3 Å². The van der Waals surface area contributed by atoms with Crippen molar-refractivity contribution in [3.05, 3.63) is 46.7 Å². The maximum Gasteiger partial charge on any atom is 0.133 e. The van der Waals surface area contributed by atoms with E-state index in [1.54, 1.807) is 0 Å². The van der Waals surface area contributed by atoms with Gasteiger partial charge in [-0.3, -0.25) is 9.48 Å². The van der Waals surface area contributed by atoms with Crippen molar-refractivity contribution in [2.24, 2.45) is 0 Å². The summed E-state index contributed by atoms with van der Waals surface area (Å²) >= 11 is 3.53. The van der Waals surface area contributed by atoms with Gasteiger partial charge in [0, 0.05) is 36.1 Å². The van der Waals surface area contributed by atoms with Gasteiger partial charge in [0.25, 0.3) is 0 Å². The van der Waals surface area contributed by atoms with E-state index >= 15 is 0 Å². The molecule has 0 saturated heterocycles. The van der Waals surface area contributed by atoms with Crippen LogP contribution in [0.25, 0.3) is 0 Å². The molecule has 1 heterocycles. The summed E-state index contributed by atoms with van der Waals surface area (Å²) in [5, 5.41) is 4.49. The standard InChI is InChI=1S/C20H26BrN3O/c1-3-20(15-5-7-16(21)8-6-15)24(17-9-11-19(25)12-10-17)18-13-22-23(4-2)14-18/h5-8,13-14,17,20H,3-4,9-12H2,1-2H3. The molecule has 0 radical (unpaired) electrons. The van der Waals surface area contributed by atoms with E-state index in [4.69, 9.17) is 0 Å². The molecule has 5 heteroatoms. The summed E-state index contributed by atoms with van der Waals surface area (Å²) in [4.78, 5) is 14.2. The van der Waals surface area contributed by atoms with Gasteiger partial charge in [-0.25, -0.2) is 0 Å². The molecule has 4 nitrogen and oxygen atoms in total. The number of carbonyl (C=O) groups excluding carboxylic acids is 1. The minimum absolute atomic E-state index is 0.292. The topological polar surface area (TPSA) is 38.1 Å². The third kappa shape index (κ3) is 4.14. The van der Waals surface area contributed by atoms with E-state index in [9.17, 15) is 4.79 Å². The Morgan fingerprint density at radius 2 is 1.92 bits per heavy atom. The van der Waals surface area contributed by atoms with Crippen LogP contribution in [0.15, 0.2) is 41.1 Å². The smallest absolute Gasteiger partial charge is 0.133 e. The average molecular weight is 404 g/mol. The molecule has 1 fully saturated rings. The van der Waals surface area contributed by atoms with E-state index in [0.29, 0.717) is 30.7 Å². The van der Waals surface area contributed by atoms with E-state index in [0.717, 1.165) is 36.0 Å². The zero-order valence-corrected chi connectivity index (χ0v) is 16.6. The van der Waals surface area contributed by atoms with Gasteiger partial charge in [0.05, 0.1) is 17.9 Å². The molecule has 0 bridgehead atoms. The van der Waals surface area contributed by atoms with Gasteiger partial charge in [-0.15, -0.1) is 0 Å². The lowest BCUT2D eigenvalue weighted by Gasteiger charge is -2.40. The van der Waals surface area contributed by atoms with Crippen LogP contribution < -0.4 is 4.90 Å². The van der Waals surface area contributed by atoms with Crippen LogP contribution in [0.5, 0.6) is 0 Å². The summed E-state index contributed by atoms with van der Waals surface area (Å²) in [6.07, 6.45) is 8.38. The summed E-state index contributed by atoms with van der Waals surface area (Å²) in [5.41, 5.74) is 2.47. The molecule has 0 spiro atoms. The molecule has 1 aromatic carbocycles. The van der Waals surface area contributed by atoms with Crippen molar-refractivity contribution in [3.63, 3.8) is 0 Å². The van der Waals surface area contributed by atoms with Crippen LogP contribution >= 0.6 is 15.9 Å². The van der Waals surface area contributed by atoms with Crippen molar-refractivity contribution in [2.45, 2.75) is 64.6 Å². The van der Waals surface area contributed by atoms with Gasteiger partial charge in [0.2, 0.25) is 0 Å². The maximum atomic E-state index is 11.7. The molecule has 134 valence electrons. The number of carbonyl (C=O) groups is 1. The molecule has 1 aliphatic rings. The number of nitrogens with zero attached hydrogens (tertiary/aromatic N) is 3. The normalized spacial score (nSPS) is 16.8. The Balaban J connectivity index is 1.96. The number of anilines is 1. The maximum absolute atomic E-state index is 11.7. The van der Waals surface area contributed by atoms with Gasteiger partial charge in [0.15, 0.2) is 0 Å². The Bertz CT molecular complexity index is 700. The third-order valence-corrected chi connectivity index (χ3v) is 5.65. The first-order valence-electron chi connectivity index (χ1n) is 9.20. The number of hydrogen-bond acceptors (Lipinski definition) is 3. The fourth-order valence-electron chi connectivity index (χ4n) is 3.78. The second-order valence-electron chi connectivity index (χ2n) is 6.71. The Morgan fingerprint density at radius 1 is 1.24 bits per heavy atom. The highest BCUT2D eigenvalue weighted by atomic mass is 79.9. The number of benzene rings is 1. The first-order chi connectivity index (χ1) is 12.1.